The second-order valence-electron chi connectivity index (χ2n) is 3.98. The second-order valence-corrected chi connectivity index (χ2v) is 3.98. The summed E-state index contributed by atoms with van der Waals surface area (Å²) in [6.07, 6.45) is 0. The highest BCUT2D eigenvalue weighted by molar-refractivity contribution is 5.26. The molecule has 0 spiro atoms. The van der Waals surface area contributed by atoms with Gasteiger partial charge in [-0.05, 0) is 24.6 Å². The molecule has 1 aliphatic rings. The molecule has 0 radical (unpaired) electrons. The fraction of sp³-hybridized carbons (Fsp3) is 0.538. The predicted octanol–water partition coefficient (Wildman–Crippen LogP) is 1.15. The maximum absolute atomic E-state index is 5.40. The zero-order valence-electron chi connectivity index (χ0n) is 10.6. The number of benzene rings is 1. The molecular weight excluding hydrogens is 216 g/mol. The number of ether oxygens (including phenoxy) is 2. The van der Waals surface area contributed by atoms with Gasteiger partial charge < -0.3 is 20.5 Å². The van der Waals surface area contributed by atoms with Crippen LogP contribution >= 0.6 is 0 Å². The Morgan fingerprint density at radius 2 is 2.12 bits per heavy atom. The topological polar surface area (TPSA) is 56.5 Å². The van der Waals surface area contributed by atoms with Gasteiger partial charge in [0.2, 0.25) is 0 Å². The highest BCUT2D eigenvalue weighted by Crippen LogP contribution is 2.10. The molecule has 1 fully saturated rings. The summed E-state index contributed by atoms with van der Waals surface area (Å²) in [7, 11) is 1.65. The van der Waals surface area contributed by atoms with Crippen molar-refractivity contribution in [2.24, 2.45) is 5.73 Å². The molecule has 0 aromatic heterocycles. The number of methoxy groups -OCH3 is 1. The van der Waals surface area contributed by atoms with Crippen molar-refractivity contribution in [3.63, 3.8) is 0 Å². The van der Waals surface area contributed by atoms with Gasteiger partial charge in [-0.15, -0.1) is 0 Å². The highest BCUT2D eigenvalue weighted by atomic mass is 16.5. The maximum atomic E-state index is 5.40. The number of nitrogens with one attached hydrogen (secondary N) is 1. The smallest absolute Gasteiger partial charge is 0.118 e. The second kappa shape index (κ2) is 8.06. The molecule has 0 bridgehead atoms. The minimum atomic E-state index is 0.564. The molecule has 4 heteroatoms. The van der Waals surface area contributed by atoms with Crippen molar-refractivity contribution in [2.45, 2.75) is 19.5 Å². The Bertz CT molecular complexity index is 272. The van der Waals surface area contributed by atoms with Crippen molar-refractivity contribution in [1.82, 2.24) is 5.32 Å². The summed E-state index contributed by atoms with van der Waals surface area (Å²) < 4.78 is 10.1. The molecule has 0 amide bonds. The normalized spacial score (nSPS) is 19.1. The molecule has 0 aliphatic carbocycles. The first-order valence-corrected chi connectivity index (χ1v) is 5.90. The summed E-state index contributed by atoms with van der Waals surface area (Å²) in [5.41, 5.74) is 6.53. The molecule has 2 rings (SSSR count). The molecule has 1 aromatic carbocycles. The van der Waals surface area contributed by atoms with Crippen molar-refractivity contribution in [3.05, 3.63) is 29.8 Å². The van der Waals surface area contributed by atoms with E-state index in [4.69, 9.17) is 15.2 Å². The van der Waals surface area contributed by atoms with Crippen LogP contribution in [0.1, 0.15) is 12.5 Å². The SMILES string of the molecule is CC1COCCN1.COc1ccc(CN)cc1. The summed E-state index contributed by atoms with van der Waals surface area (Å²) in [5.74, 6) is 0.872. The van der Waals surface area contributed by atoms with Crippen LogP contribution in [0.25, 0.3) is 0 Å². The lowest BCUT2D eigenvalue weighted by molar-refractivity contribution is 0.0824. The molecule has 1 aromatic rings. The number of hydrogen-bond acceptors (Lipinski definition) is 4. The van der Waals surface area contributed by atoms with Crippen LogP contribution in [-0.4, -0.2) is 32.9 Å². The summed E-state index contributed by atoms with van der Waals surface area (Å²) in [4.78, 5) is 0. The van der Waals surface area contributed by atoms with Crippen molar-refractivity contribution in [2.75, 3.05) is 26.9 Å². The van der Waals surface area contributed by atoms with Gasteiger partial charge in [-0.1, -0.05) is 12.1 Å². The summed E-state index contributed by atoms with van der Waals surface area (Å²) in [6.45, 7) is 5.48. The molecule has 17 heavy (non-hydrogen) atoms. The molecule has 3 N–H and O–H groups in total. The summed E-state index contributed by atoms with van der Waals surface area (Å²) in [5, 5.41) is 3.26. The van der Waals surface area contributed by atoms with E-state index in [9.17, 15) is 0 Å². The van der Waals surface area contributed by atoms with Crippen molar-refractivity contribution in [1.29, 1.82) is 0 Å². The highest BCUT2D eigenvalue weighted by Gasteiger charge is 2.04. The average Bonchev–Trinajstić information content (AvgIpc) is 2.40. The van der Waals surface area contributed by atoms with E-state index in [1.807, 2.05) is 24.3 Å². The summed E-state index contributed by atoms with van der Waals surface area (Å²) >= 11 is 0. The Morgan fingerprint density at radius 1 is 1.41 bits per heavy atom. The molecular formula is C13H22N2O2. The van der Waals surface area contributed by atoms with Crippen LogP contribution < -0.4 is 15.8 Å². The molecule has 1 heterocycles. The predicted molar refractivity (Wildman–Crippen MR) is 69.2 cm³/mol. The molecule has 1 atom stereocenters. The van der Waals surface area contributed by atoms with E-state index in [2.05, 4.69) is 12.2 Å². The van der Waals surface area contributed by atoms with Crippen LogP contribution in [0.2, 0.25) is 0 Å². The van der Waals surface area contributed by atoms with Gasteiger partial charge in [0.25, 0.3) is 0 Å². The van der Waals surface area contributed by atoms with Gasteiger partial charge in [0, 0.05) is 19.1 Å². The lowest BCUT2D eigenvalue weighted by Gasteiger charge is -2.19. The van der Waals surface area contributed by atoms with E-state index in [-0.39, 0.29) is 0 Å². The molecule has 1 saturated heterocycles. The third-order valence-electron chi connectivity index (χ3n) is 2.50. The third kappa shape index (κ3) is 5.68. The fourth-order valence-corrected chi connectivity index (χ4v) is 1.46. The minimum absolute atomic E-state index is 0.564. The maximum Gasteiger partial charge on any atom is 0.118 e. The van der Waals surface area contributed by atoms with Crippen molar-refractivity contribution in [3.8, 4) is 5.75 Å². The Balaban J connectivity index is 0.000000181. The number of hydrogen-bond donors (Lipinski definition) is 2. The first-order valence-electron chi connectivity index (χ1n) is 5.90. The van der Waals surface area contributed by atoms with E-state index in [1.165, 1.54) is 0 Å². The third-order valence-corrected chi connectivity index (χ3v) is 2.50. The van der Waals surface area contributed by atoms with E-state index in [1.54, 1.807) is 7.11 Å². The Labute approximate surface area is 103 Å². The quantitative estimate of drug-likeness (QED) is 0.811. The molecule has 0 saturated carbocycles. The minimum Gasteiger partial charge on any atom is -0.497 e. The fourth-order valence-electron chi connectivity index (χ4n) is 1.46. The van der Waals surface area contributed by atoms with Crippen LogP contribution in [-0.2, 0) is 11.3 Å². The van der Waals surface area contributed by atoms with Gasteiger partial charge in [0.05, 0.1) is 20.3 Å². The number of rotatable bonds is 2. The van der Waals surface area contributed by atoms with Crippen molar-refractivity contribution >= 4 is 0 Å². The molecule has 1 aliphatic heterocycles. The van der Waals surface area contributed by atoms with Gasteiger partial charge in [0.1, 0.15) is 5.75 Å². The Hall–Kier alpha value is -1.10. The Kier molecular flexibility index (Phi) is 6.62. The van der Waals surface area contributed by atoms with Gasteiger partial charge in [0.15, 0.2) is 0 Å². The van der Waals surface area contributed by atoms with Crippen molar-refractivity contribution < 1.29 is 9.47 Å². The monoisotopic (exact) mass is 238 g/mol. The molecule has 4 nitrogen and oxygen atoms in total. The van der Waals surface area contributed by atoms with E-state index in [0.717, 1.165) is 31.1 Å². The standard InChI is InChI=1S/C8H11NO.C5H11NO/c1-10-8-4-2-7(6-9)3-5-8;1-5-4-7-3-2-6-5/h2-5H,6,9H2,1H3;5-6H,2-4H2,1H3. The largest absolute Gasteiger partial charge is 0.497 e. The van der Waals surface area contributed by atoms with Gasteiger partial charge >= 0.3 is 0 Å². The zero-order chi connectivity index (χ0) is 12.5. The zero-order valence-corrected chi connectivity index (χ0v) is 10.6. The van der Waals surface area contributed by atoms with E-state index >= 15 is 0 Å². The van der Waals surface area contributed by atoms with Crippen LogP contribution in [0.3, 0.4) is 0 Å². The van der Waals surface area contributed by atoms with Crippen LogP contribution in [0.15, 0.2) is 24.3 Å². The van der Waals surface area contributed by atoms with Gasteiger partial charge in [-0.2, -0.15) is 0 Å². The number of nitrogens with two attached hydrogens (primary N) is 1. The molecule has 1 unspecified atom stereocenters. The summed E-state index contributed by atoms with van der Waals surface area (Å²) in [6, 6.07) is 8.29. The average molecular weight is 238 g/mol. The lowest BCUT2D eigenvalue weighted by Crippen LogP contribution is -2.38. The van der Waals surface area contributed by atoms with Crippen LogP contribution in [0, 0.1) is 0 Å². The first-order chi connectivity index (χ1) is 8.26. The first kappa shape index (κ1) is 14.0. The van der Waals surface area contributed by atoms with Gasteiger partial charge in [-0.25, -0.2) is 0 Å². The lowest BCUT2D eigenvalue weighted by atomic mass is 10.2. The number of morpholine rings is 1. The van der Waals surface area contributed by atoms with Crippen LogP contribution in [0.5, 0.6) is 5.75 Å². The van der Waals surface area contributed by atoms with Crippen LogP contribution in [0.4, 0.5) is 0 Å². The Morgan fingerprint density at radius 3 is 2.47 bits per heavy atom. The van der Waals surface area contributed by atoms with E-state index < -0.39 is 0 Å². The molecule has 96 valence electrons. The van der Waals surface area contributed by atoms with Gasteiger partial charge in [-0.3, -0.25) is 0 Å². The van der Waals surface area contributed by atoms with E-state index in [0.29, 0.717) is 12.6 Å².